The monoisotopic (exact) mass is 713 g/mol. The maximum Gasteiger partial charge on any atom is 0.143 e. The van der Waals surface area contributed by atoms with Crippen LogP contribution in [0, 0.1) is 0 Å². The maximum atomic E-state index is 7.11. The second kappa shape index (κ2) is 13.2. The van der Waals surface area contributed by atoms with Crippen LogP contribution in [0.2, 0.25) is 0 Å². The summed E-state index contributed by atoms with van der Waals surface area (Å²) in [5, 5.41) is 9.43. The molecular formula is C54H35NO. The van der Waals surface area contributed by atoms with Gasteiger partial charge in [-0.2, -0.15) is 0 Å². The third kappa shape index (κ3) is 5.34. The summed E-state index contributed by atoms with van der Waals surface area (Å²) in [4.78, 5) is 2.36. The number of furan rings is 1. The van der Waals surface area contributed by atoms with Crippen molar-refractivity contribution in [2.75, 3.05) is 4.90 Å². The zero-order valence-corrected chi connectivity index (χ0v) is 30.6. The second-order valence-electron chi connectivity index (χ2n) is 14.5. The summed E-state index contributed by atoms with van der Waals surface area (Å²) < 4.78 is 7.11. The lowest BCUT2D eigenvalue weighted by Crippen LogP contribution is -2.10. The highest BCUT2D eigenvalue weighted by atomic mass is 16.3. The fraction of sp³-hybridized carbons (Fsp3) is 0. The van der Waals surface area contributed by atoms with Crippen molar-refractivity contribution in [2.24, 2.45) is 0 Å². The Labute approximate surface area is 325 Å². The van der Waals surface area contributed by atoms with Crippen LogP contribution in [0.4, 0.5) is 17.1 Å². The standard InChI is InChI=1S/C54H35NO/c1-3-13-36(14-4-1)39-25-29-43(30-26-39)55(44-31-27-40(28-32-44)37-15-5-2-6-16-37)45-34-50(42-24-23-38-17-7-8-18-41(38)33-42)52-51(35-45)56-54-49-22-12-10-20-47(49)46-19-9-11-21-48(46)53(52)54/h1-35H. The summed E-state index contributed by atoms with van der Waals surface area (Å²) in [5.41, 5.74) is 11.9. The van der Waals surface area contributed by atoms with E-state index in [9.17, 15) is 0 Å². The average Bonchev–Trinajstić information content (AvgIpc) is 3.67. The molecule has 11 rings (SSSR count). The van der Waals surface area contributed by atoms with E-state index in [4.69, 9.17) is 4.42 Å². The summed E-state index contributed by atoms with van der Waals surface area (Å²) in [7, 11) is 0. The second-order valence-corrected chi connectivity index (χ2v) is 14.5. The minimum Gasteiger partial charge on any atom is -0.455 e. The van der Waals surface area contributed by atoms with Gasteiger partial charge in [-0.25, -0.2) is 0 Å². The fourth-order valence-electron chi connectivity index (χ4n) is 8.54. The summed E-state index contributed by atoms with van der Waals surface area (Å²) in [6.07, 6.45) is 0. The highest BCUT2D eigenvalue weighted by Gasteiger charge is 2.23. The molecule has 0 spiro atoms. The van der Waals surface area contributed by atoms with Gasteiger partial charge in [0.25, 0.3) is 0 Å². The van der Waals surface area contributed by atoms with Crippen molar-refractivity contribution in [2.45, 2.75) is 0 Å². The van der Waals surface area contributed by atoms with Gasteiger partial charge in [-0.05, 0) is 96.7 Å². The Hall–Kier alpha value is -7.42. The largest absolute Gasteiger partial charge is 0.455 e. The minimum atomic E-state index is 0.856. The van der Waals surface area contributed by atoms with Gasteiger partial charge in [0, 0.05) is 33.6 Å². The number of benzene rings is 10. The molecule has 10 aromatic carbocycles. The predicted octanol–water partition coefficient (Wildman–Crippen LogP) is 15.5. The molecule has 2 heteroatoms. The SMILES string of the molecule is c1ccc(-c2ccc(N(c3ccc(-c4ccccc4)cc3)c3cc(-c4ccc5ccccc5c4)c4c(c3)oc3c5ccccc5c5ccccc5c34)cc2)cc1. The molecule has 0 atom stereocenters. The third-order valence-corrected chi connectivity index (χ3v) is 11.2. The Morgan fingerprint density at radius 1 is 0.304 bits per heavy atom. The highest BCUT2D eigenvalue weighted by molar-refractivity contribution is 6.32. The van der Waals surface area contributed by atoms with Gasteiger partial charge in [-0.15, -0.1) is 0 Å². The maximum absolute atomic E-state index is 7.11. The van der Waals surface area contributed by atoms with Gasteiger partial charge < -0.3 is 9.32 Å². The number of fused-ring (bicyclic) bond motifs is 9. The van der Waals surface area contributed by atoms with Crippen molar-refractivity contribution in [3.05, 3.63) is 212 Å². The topological polar surface area (TPSA) is 16.4 Å². The predicted molar refractivity (Wildman–Crippen MR) is 237 cm³/mol. The zero-order chi connectivity index (χ0) is 37.0. The first kappa shape index (κ1) is 32.0. The molecule has 0 aliphatic carbocycles. The van der Waals surface area contributed by atoms with E-state index in [0.29, 0.717) is 0 Å². The lowest BCUT2D eigenvalue weighted by Gasteiger charge is -2.27. The minimum absolute atomic E-state index is 0.856. The number of hydrogen-bond acceptors (Lipinski definition) is 2. The Morgan fingerprint density at radius 2 is 0.786 bits per heavy atom. The van der Waals surface area contributed by atoms with Crippen LogP contribution in [0.5, 0.6) is 0 Å². The fourth-order valence-corrected chi connectivity index (χ4v) is 8.54. The van der Waals surface area contributed by atoms with E-state index in [1.807, 2.05) is 0 Å². The molecule has 0 N–H and O–H groups in total. The summed E-state index contributed by atoms with van der Waals surface area (Å²) in [5.74, 6) is 0. The molecule has 56 heavy (non-hydrogen) atoms. The van der Waals surface area contributed by atoms with E-state index in [1.165, 1.54) is 49.2 Å². The third-order valence-electron chi connectivity index (χ3n) is 11.2. The number of nitrogens with zero attached hydrogens (tertiary/aromatic N) is 1. The Kier molecular flexibility index (Phi) is 7.53. The number of rotatable bonds is 6. The molecule has 11 aromatic rings. The van der Waals surface area contributed by atoms with Crippen molar-refractivity contribution >= 4 is 71.3 Å². The van der Waals surface area contributed by atoms with Crippen molar-refractivity contribution in [3.8, 4) is 33.4 Å². The quantitative estimate of drug-likeness (QED) is 0.160. The first-order valence-corrected chi connectivity index (χ1v) is 19.2. The van der Waals surface area contributed by atoms with Gasteiger partial charge in [0.2, 0.25) is 0 Å². The summed E-state index contributed by atoms with van der Waals surface area (Å²) in [6.45, 7) is 0. The average molecular weight is 714 g/mol. The van der Waals surface area contributed by atoms with Gasteiger partial charge >= 0.3 is 0 Å². The van der Waals surface area contributed by atoms with E-state index in [1.54, 1.807) is 0 Å². The molecule has 0 unspecified atom stereocenters. The van der Waals surface area contributed by atoms with Crippen LogP contribution < -0.4 is 4.90 Å². The smallest absolute Gasteiger partial charge is 0.143 e. The Balaban J connectivity index is 1.20. The number of anilines is 3. The van der Waals surface area contributed by atoms with E-state index in [-0.39, 0.29) is 0 Å². The van der Waals surface area contributed by atoms with Crippen LogP contribution in [-0.2, 0) is 0 Å². The van der Waals surface area contributed by atoms with Crippen molar-refractivity contribution in [1.29, 1.82) is 0 Å². The van der Waals surface area contributed by atoms with Crippen molar-refractivity contribution < 1.29 is 4.42 Å². The van der Waals surface area contributed by atoms with Crippen LogP contribution in [0.1, 0.15) is 0 Å². The van der Waals surface area contributed by atoms with Gasteiger partial charge in [0.15, 0.2) is 0 Å². The summed E-state index contributed by atoms with van der Waals surface area (Å²) >= 11 is 0. The molecule has 0 aliphatic rings. The van der Waals surface area contributed by atoms with Gasteiger partial charge in [-0.1, -0.05) is 170 Å². The lowest BCUT2D eigenvalue weighted by molar-refractivity contribution is 0.673. The van der Waals surface area contributed by atoms with Crippen molar-refractivity contribution in [3.63, 3.8) is 0 Å². The molecule has 0 aliphatic heterocycles. The molecule has 2 nitrogen and oxygen atoms in total. The first-order valence-electron chi connectivity index (χ1n) is 19.2. The Bertz CT molecular complexity index is 3130. The molecule has 0 radical (unpaired) electrons. The van der Waals surface area contributed by atoms with E-state index >= 15 is 0 Å². The van der Waals surface area contributed by atoms with Crippen molar-refractivity contribution in [1.82, 2.24) is 0 Å². The van der Waals surface area contributed by atoms with Crippen LogP contribution >= 0.6 is 0 Å². The Morgan fingerprint density at radius 3 is 1.41 bits per heavy atom. The molecule has 0 amide bonds. The van der Waals surface area contributed by atoms with E-state index < -0.39 is 0 Å². The molecule has 262 valence electrons. The van der Waals surface area contributed by atoms with E-state index in [2.05, 4.69) is 217 Å². The first-order chi connectivity index (χ1) is 27.8. The zero-order valence-electron chi connectivity index (χ0n) is 30.6. The number of hydrogen-bond donors (Lipinski definition) is 0. The normalized spacial score (nSPS) is 11.6. The van der Waals surface area contributed by atoms with Crippen LogP contribution in [0.25, 0.3) is 87.6 Å². The summed E-state index contributed by atoms with van der Waals surface area (Å²) in [6, 6.07) is 76.3. The van der Waals surface area contributed by atoms with Gasteiger partial charge in [0.05, 0.1) is 5.69 Å². The molecule has 0 saturated heterocycles. The molecule has 1 aromatic heterocycles. The molecule has 1 heterocycles. The highest BCUT2D eigenvalue weighted by Crippen LogP contribution is 2.48. The van der Waals surface area contributed by atoms with E-state index in [0.717, 1.165) is 55.5 Å². The van der Waals surface area contributed by atoms with Gasteiger partial charge in [-0.3, -0.25) is 0 Å². The van der Waals surface area contributed by atoms with Crippen LogP contribution in [0.15, 0.2) is 217 Å². The van der Waals surface area contributed by atoms with Crippen LogP contribution in [-0.4, -0.2) is 0 Å². The lowest BCUT2D eigenvalue weighted by atomic mass is 9.92. The molecule has 0 bridgehead atoms. The molecule has 0 fully saturated rings. The van der Waals surface area contributed by atoms with Crippen LogP contribution in [0.3, 0.4) is 0 Å². The molecule has 0 saturated carbocycles. The molecular weight excluding hydrogens is 679 g/mol. The van der Waals surface area contributed by atoms with Gasteiger partial charge in [0.1, 0.15) is 11.2 Å².